The number of phosphoric acid groups is 2. The minimum absolute atomic E-state index is 1.20. The van der Waals surface area contributed by atoms with Crippen LogP contribution >= 0.6 is 27.4 Å². The molecule has 3 rings (SSSR count). The van der Waals surface area contributed by atoms with Crippen molar-refractivity contribution in [3.05, 3.63) is 48.5 Å². The standard InChI is InChI=1S/C12H9NS.H4O7P2/c1-3-7-11-9(5-1)13-10-6-2-4-8-12(10)14-11;1-8(2,3)7-9(4,5)6/h1-8,13H;(H2,1,2,3)(H2,4,5,6). The number of benzene rings is 2. The van der Waals surface area contributed by atoms with Gasteiger partial charge in [0.15, 0.2) is 0 Å². The van der Waals surface area contributed by atoms with E-state index in [1.807, 2.05) is 11.8 Å². The molecule has 2 aromatic carbocycles. The van der Waals surface area contributed by atoms with Gasteiger partial charge in [0.2, 0.25) is 0 Å². The molecule has 23 heavy (non-hydrogen) atoms. The quantitative estimate of drug-likeness (QED) is 0.427. The van der Waals surface area contributed by atoms with Gasteiger partial charge < -0.3 is 24.9 Å². The van der Waals surface area contributed by atoms with Crippen molar-refractivity contribution in [2.45, 2.75) is 9.79 Å². The smallest absolute Gasteiger partial charge is 0.354 e. The maximum absolute atomic E-state index is 9.63. The summed E-state index contributed by atoms with van der Waals surface area (Å²) in [5, 5.41) is 3.42. The van der Waals surface area contributed by atoms with Crippen molar-refractivity contribution in [3.8, 4) is 0 Å². The topological polar surface area (TPSA) is 136 Å². The van der Waals surface area contributed by atoms with Crippen LogP contribution in [0.4, 0.5) is 11.4 Å². The van der Waals surface area contributed by atoms with Crippen LogP contribution in [0.1, 0.15) is 0 Å². The Balaban J connectivity index is 0.000000188. The second-order valence-electron chi connectivity index (χ2n) is 4.28. The van der Waals surface area contributed by atoms with E-state index >= 15 is 0 Å². The first-order valence-electron chi connectivity index (χ1n) is 6.09. The van der Waals surface area contributed by atoms with Crippen LogP contribution in [0, 0.1) is 0 Å². The summed E-state index contributed by atoms with van der Waals surface area (Å²) in [5.74, 6) is 0. The first-order chi connectivity index (χ1) is 10.6. The van der Waals surface area contributed by atoms with Crippen LogP contribution in [0.3, 0.4) is 0 Å². The number of fused-ring (bicyclic) bond motifs is 2. The van der Waals surface area contributed by atoms with Crippen LogP contribution in [0.5, 0.6) is 0 Å². The van der Waals surface area contributed by atoms with Gasteiger partial charge in [0.25, 0.3) is 0 Å². The summed E-state index contributed by atoms with van der Waals surface area (Å²) in [6.45, 7) is 0. The number of nitrogens with one attached hydrogen (secondary N) is 1. The average molecular weight is 377 g/mol. The number of hydrogen-bond donors (Lipinski definition) is 5. The van der Waals surface area contributed by atoms with Crippen LogP contribution in [-0.2, 0) is 13.4 Å². The predicted octanol–water partition coefficient (Wildman–Crippen LogP) is 3.08. The zero-order valence-electron chi connectivity index (χ0n) is 11.4. The molecule has 0 aromatic heterocycles. The summed E-state index contributed by atoms with van der Waals surface area (Å²) < 4.78 is 22.2. The highest BCUT2D eigenvalue weighted by Gasteiger charge is 2.27. The molecule has 0 unspecified atom stereocenters. The minimum atomic E-state index is -5.05. The van der Waals surface area contributed by atoms with Crippen molar-refractivity contribution in [1.82, 2.24) is 0 Å². The fourth-order valence-electron chi connectivity index (χ4n) is 1.72. The van der Waals surface area contributed by atoms with E-state index in [0.717, 1.165) is 0 Å². The fourth-order valence-corrected chi connectivity index (χ4v) is 3.82. The van der Waals surface area contributed by atoms with E-state index in [1.54, 1.807) is 0 Å². The van der Waals surface area contributed by atoms with Gasteiger partial charge in [0.1, 0.15) is 0 Å². The Morgan fingerprint density at radius 2 is 1.17 bits per heavy atom. The summed E-state index contributed by atoms with van der Waals surface area (Å²) in [5.41, 5.74) is 2.41. The summed E-state index contributed by atoms with van der Waals surface area (Å²) in [7, 11) is -10.1. The molecule has 11 heteroatoms. The maximum atomic E-state index is 9.63. The number of anilines is 2. The van der Waals surface area contributed by atoms with Gasteiger partial charge in [0, 0.05) is 9.79 Å². The van der Waals surface area contributed by atoms with E-state index in [9.17, 15) is 9.13 Å². The van der Waals surface area contributed by atoms with Crippen LogP contribution in [0.15, 0.2) is 58.3 Å². The lowest BCUT2D eigenvalue weighted by Crippen LogP contribution is -1.98. The van der Waals surface area contributed by atoms with Crippen molar-refractivity contribution >= 4 is 38.8 Å². The first kappa shape index (κ1) is 18.2. The van der Waals surface area contributed by atoms with Gasteiger partial charge in [-0.15, -0.1) is 0 Å². The molecule has 0 amide bonds. The maximum Gasteiger partial charge on any atom is 0.478 e. The Kier molecular flexibility index (Phi) is 5.67. The second-order valence-corrected chi connectivity index (χ2v) is 7.98. The van der Waals surface area contributed by atoms with Gasteiger partial charge in [-0.25, -0.2) is 9.13 Å². The van der Waals surface area contributed by atoms with Crippen LogP contribution in [0.25, 0.3) is 0 Å². The van der Waals surface area contributed by atoms with Gasteiger partial charge >= 0.3 is 15.6 Å². The zero-order chi connectivity index (χ0) is 17.1. The van der Waals surface area contributed by atoms with Crippen LogP contribution < -0.4 is 5.32 Å². The van der Waals surface area contributed by atoms with E-state index < -0.39 is 15.6 Å². The minimum Gasteiger partial charge on any atom is -0.354 e. The third-order valence-corrected chi connectivity index (χ3v) is 5.33. The van der Waals surface area contributed by atoms with E-state index in [0.29, 0.717) is 0 Å². The Hall–Kier alpha value is -1.15. The van der Waals surface area contributed by atoms with Gasteiger partial charge in [-0.3, -0.25) is 0 Å². The van der Waals surface area contributed by atoms with Crippen molar-refractivity contribution < 1.29 is 33.0 Å². The monoisotopic (exact) mass is 377 g/mol. The highest BCUT2D eigenvalue weighted by molar-refractivity contribution is 7.99. The van der Waals surface area contributed by atoms with Gasteiger partial charge in [0.05, 0.1) is 11.4 Å². The van der Waals surface area contributed by atoms with E-state index in [4.69, 9.17) is 19.6 Å². The summed E-state index contributed by atoms with van der Waals surface area (Å²) in [6, 6.07) is 16.8. The number of rotatable bonds is 2. The molecular weight excluding hydrogens is 364 g/mol. The molecule has 0 saturated carbocycles. The number of hydrogen-bond acceptors (Lipinski definition) is 5. The highest BCUT2D eigenvalue weighted by atomic mass is 32.2. The molecule has 0 fully saturated rings. The summed E-state index contributed by atoms with van der Waals surface area (Å²) in [4.78, 5) is 33.6. The van der Waals surface area contributed by atoms with E-state index in [-0.39, 0.29) is 0 Å². The molecule has 5 N–H and O–H groups in total. The fraction of sp³-hybridized carbons (Fsp3) is 0. The zero-order valence-corrected chi connectivity index (χ0v) is 14.0. The van der Waals surface area contributed by atoms with Crippen LogP contribution in [-0.4, -0.2) is 19.6 Å². The normalized spacial score (nSPS) is 13.0. The SMILES string of the molecule is O=P(O)(O)OP(=O)(O)O.c1ccc2c(c1)Nc1ccccc1S2. The number of para-hydroxylation sites is 2. The van der Waals surface area contributed by atoms with Crippen LogP contribution in [0.2, 0.25) is 0 Å². The summed E-state index contributed by atoms with van der Waals surface area (Å²) >= 11 is 1.82. The Labute approximate surface area is 136 Å². The Morgan fingerprint density at radius 3 is 1.52 bits per heavy atom. The van der Waals surface area contributed by atoms with E-state index in [1.165, 1.54) is 21.2 Å². The van der Waals surface area contributed by atoms with Crippen molar-refractivity contribution in [2.75, 3.05) is 5.32 Å². The third-order valence-electron chi connectivity index (χ3n) is 2.48. The Bertz CT molecular complexity index is 681. The molecular formula is C12H13NO7P2S. The Morgan fingerprint density at radius 1 is 0.783 bits per heavy atom. The molecule has 1 aliphatic heterocycles. The molecule has 0 bridgehead atoms. The predicted molar refractivity (Wildman–Crippen MR) is 85.5 cm³/mol. The van der Waals surface area contributed by atoms with Gasteiger partial charge in [-0.1, -0.05) is 36.0 Å². The van der Waals surface area contributed by atoms with Crippen molar-refractivity contribution in [1.29, 1.82) is 0 Å². The largest absolute Gasteiger partial charge is 0.478 e. The molecule has 124 valence electrons. The van der Waals surface area contributed by atoms with Gasteiger partial charge in [-0.05, 0) is 24.3 Å². The third kappa shape index (κ3) is 6.10. The average Bonchev–Trinajstić information content (AvgIpc) is 2.41. The second kappa shape index (κ2) is 7.17. The molecule has 0 saturated heterocycles. The highest BCUT2D eigenvalue weighted by Crippen LogP contribution is 2.53. The van der Waals surface area contributed by atoms with Crippen molar-refractivity contribution in [3.63, 3.8) is 0 Å². The molecule has 0 aliphatic carbocycles. The summed E-state index contributed by atoms with van der Waals surface area (Å²) in [6.07, 6.45) is 0. The molecule has 0 spiro atoms. The lowest BCUT2D eigenvalue weighted by atomic mass is 10.2. The lowest BCUT2D eigenvalue weighted by Gasteiger charge is -2.19. The molecule has 1 aliphatic rings. The molecule has 1 heterocycles. The molecule has 0 atom stereocenters. The van der Waals surface area contributed by atoms with Crippen molar-refractivity contribution in [2.24, 2.45) is 0 Å². The van der Waals surface area contributed by atoms with Gasteiger partial charge in [-0.2, -0.15) is 4.31 Å². The molecule has 2 aromatic rings. The molecule has 0 radical (unpaired) electrons. The first-order valence-corrected chi connectivity index (χ1v) is 9.97. The molecule has 8 nitrogen and oxygen atoms in total. The van der Waals surface area contributed by atoms with E-state index in [2.05, 4.69) is 58.2 Å². The lowest BCUT2D eigenvalue weighted by molar-refractivity contribution is 0.225.